The van der Waals surface area contributed by atoms with Gasteiger partial charge in [0.1, 0.15) is 5.69 Å². The van der Waals surface area contributed by atoms with Crippen LogP contribution in [0.4, 0.5) is 4.39 Å². The molecule has 0 amide bonds. The highest BCUT2D eigenvalue weighted by Crippen LogP contribution is 2.20. The Hall–Kier alpha value is -1.82. The van der Waals surface area contributed by atoms with Gasteiger partial charge in [0, 0.05) is 18.5 Å². The van der Waals surface area contributed by atoms with Crippen LogP contribution < -0.4 is 0 Å². The summed E-state index contributed by atoms with van der Waals surface area (Å²) in [5, 5.41) is 4.45. The van der Waals surface area contributed by atoms with Crippen LogP contribution in [0.25, 0.3) is 16.7 Å². The van der Waals surface area contributed by atoms with Crippen LogP contribution in [0.2, 0.25) is 0 Å². The van der Waals surface area contributed by atoms with Crippen LogP contribution in [0, 0.1) is 5.82 Å². The topological polar surface area (TPSA) is 46.5 Å². The van der Waals surface area contributed by atoms with Crippen molar-refractivity contribution in [3.05, 3.63) is 36.4 Å². The summed E-state index contributed by atoms with van der Waals surface area (Å²) >= 11 is 4.07. The summed E-state index contributed by atoms with van der Waals surface area (Å²) in [4.78, 5) is 6.98. The fourth-order valence-electron chi connectivity index (χ4n) is 1.59. The third-order valence-electron chi connectivity index (χ3n) is 2.29. The number of benzene rings is 1. The monoisotopic (exact) mass is 234 g/mol. The molecular weight excluding hydrogens is 227 g/mol. The van der Waals surface area contributed by atoms with Crippen LogP contribution in [0.5, 0.6) is 0 Å². The Morgan fingerprint density at radius 2 is 2.25 bits per heavy atom. The first kappa shape index (κ1) is 9.41. The lowest BCUT2D eigenvalue weighted by Crippen LogP contribution is -1.97. The maximum atomic E-state index is 13.8. The molecule has 0 aliphatic heterocycles. The molecule has 0 saturated heterocycles. The molecule has 0 fully saturated rings. The highest BCUT2D eigenvalue weighted by atomic mass is 32.1. The number of halogens is 1. The van der Waals surface area contributed by atoms with Gasteiger partial charge in [0.15, 0.2) is 11.0 Å². The Kier molecular flexibility index (Phi) is 1.97. The van der Waals surface area contributed by atoms with Gasteiger partial charge in [-0.05, 0) is 12.1 Å². The van der Waals surface area contributed by atoms with Gasteiger partial charge in [-0.3, -0.25) is 0 Å². The van der Waals surface area contributed by atoms with E-state index in [0.29, 0.717) is 21.9 Å². The molecule has 0 radical (unpaired) electrons. The fraction of sp³-hybridized carbons (Fsp3) is 0. The Balaban J connectivity index is 2.29. The molecule has 3 rings (SSSR count). The Labute approximate surface area is 95.5 Å². The molecule has 0 atom stereocenters. The average Bonchev–Trinajstić information content (AvgIpc) is 2.83. The van der Waals surface area contributed by atoms with Crippen molar-refractivity contribution in [2.75, 3.05) is 0 Å². The van der Waals surface area contributed by atoms with Gasteiger partial charge in [-0.1, -0.05) is 0 Å². The quantitative estimate of drug-likeness (QED) is 0.634. The zero-order chi connectivity index (χ0) is 11.1. The molecule has 0 saturated carbocycles. The van der Waals surface area contributed by atoms with E-state index < -0.39 is 0 Å². The molecule has 1 aromatic carbocycles. The van der Waals surface area contributed by atoms with Crippen LogP contribution in [-0.2, 0) is 0 Å². The number of H-pyrrole nitrogens is 1. The molecule has 0 spiro atoms. The zero-order valence-electron chi connectivity index (χ0n) is 8.05. The summed E-state index contributed by atoms with van der Waals surface area (Å²) in [6.07, 6.45) is 3.27. The van der Waals surface area contributed by atoms with Gasteiger partial charge in [-0.2, -0.15) is 5.10 Å². The van der Waals surface area contributed by atoms with E-state index in [-0.39, 0.29) is 5.82 Å². The molecular formula is C10H7FN4S. The van der Waals surface area contributed by atoms with Crippen molar-refractivity contribution in [2.24, 2.45) is 0 Å². The van der Waals surface area contributed by atoms with Gasteiger partial charge < -0.3 is 4.98 Å². The van der Waals surface area contributed by atoms with E-state index in [4.69, 9.17) is 0 Å². The molecule has 2 heterocycles. The lowest BCUT2D eigenvalue weighted by Gasteiger charge is -2.02. The number of nitrogens with one attached hydrogen (secondary N) is 1. The lowest BCUT2D eigenvalue weighted by atomic mass is 10.2. The number of fused-ring (bicyclic) bond motifs is 1. The van der Waals surface area contributed by atoms with E-state index in [1.807, 2.05) is 0 Å². The second-order valence-electron chi connectivity index (χ2n) is 3.33. The van der Waals surface area contributed by atoms with E-state index in [2.05, 4.69) is 27.7 Å². The second-order valence-corrected chi connectivity index (χ2v) is 3.76. The standard InChI is InChI=1S/C10H7FN4S/c11-6-4-7-8(14-10(16)13-7)5-9(6)15-3-1-2-12-15/h1-5H,(H2,13,14,16). The number of imidazole rings is 1. The van der Waals surface area contributed by atoms with Gasteiger partial charge >= 0.3 is 0 Å². The molecule has 0 aliphatic rings. The van der Waals surface area contributed by atoms with Crippen LogP contribution in [0.3, 0.4) is 0 Å². The van der Waals surface area contributed by atoms with Gasteiger partial charge in [0.05, 0.1) is 11.0 Å². The summed E-state index contributed by atoms with van der Waals surface area (Å²) in [6, 6.07) is 4.76. The van der Waals surface area contributed by atoms with Crippen LogP contribution in [-0.4, -0.2) is 19.7 Å². The Morgan fingerprint density at radius 1 is 1.38 bits per heavy atom. The molecule has 4 nitrogen and oxygen atoms in total. The van der Waals surface area contributed by atoms with Crippen molar-refractivity contribution in [3.8, 4) is 5.69 Å². The summed E-state index contributed by atoms with van der Waals surface area (Å²) < 4.78 is 15.2. The smallest absolute Gasteiger partial charge is 0.163 e. The Morgan fingerprint density at radius 3 is 3.00 bits per heavy atom. The molecule has 0 unspecified atom stereocenters. The number of hydrogen-bond donors (Lipinski definition) is 2. The molecule has 0 aliphatic carbocycles. The molecule has 1 N–H and O–H groups in total. The van der Waals surface area contributed by atoms with E-state index in [1.165, 1.54) is 10.7 Å². The number of thiol groups is 1. The summed E-state index contributed by atoms with van der Waals surface area (Å²) in [5.41, 5.74) is 1.66. The molecule has 80 valence electrons. The third-order valence-corrected chi connectivity index (χ3v) is 2.50. The SMILES string of the molecule is Fc1cc2[nH]c(S)nc2cc1-n1cccn1. The van der Waals surface area contributed by atoms with E-state index in [0.717, 1.165) is 0 Å². The first-order chi connectivity index (χ1) is 7.74. The fourth-order valence-corrected chi connectivity index (χ4v) is 1.82. The summed E-state index contributed by atoms with van der Waals surface area (Å²) in [5.74, 6) is -0.354. The van der Waals surface area contributed by atoms with Gasteiger partial charge in [-0.15, -0.1) is 12.6 Å². The lowest BCUT2D eigenvalue weighted by molar-refractivity contribution is 0.612. The third kappa shape index (κ3) is 1.38. The van der Waals surface area contributed by atoms with Crippen LogP contribution in [0.1, 0.15) is 0 Å². The van der Waals surface area contributed by atoms with E-state index >= 15 is 0 Å². The largest absolute Gasteiger partial charge is 0.333 e. The molecule has 2 aromatic heterocycles. The van der Waals surface area contributed by atoms with Gasteiger partial charge in [-0.25, -0.2) is 14.1 Å². The number of hydrogen-bond acceptors (Lipinski definition) is 3. The van der Waals surface area contributed by atoms with Crippen molar-refractivity contribution < 1.29 is 4.39 Å². The van der Waals surface area contributed by atoms with Crippen molar-refractivity contribution in [2.45, 2.75) is 5.16 Å². The minimum absolute atomic E-state index is 0.354. The molecule has 16 heavy (non-hydrogen) atoms. The number of rotatable bonds is 1. The van der Waals surface area contributed by atoms with Crippen molar-refractivity contribution in [1.29, 1.82) is 0 Å². The van der Waals surface area contributed by atoms with E-state index in [9.17, 15) is 4.39 Å². The maximum absolute atomic E-state index is 13.8. The average molecular weight is 234 g/mol. The molecule has 6 heteroatoms. The first-order valence-electron chi connectivity index (χ1n) is 4.62. The predicted molar refractivity (Wildman–Crippen MR) is 60.4 cm³/mol. The van der Waals surface area contributed by atoms with Crippen molar-refractivity contribution >= 4 is 23.7 Å². The predicted octanol–water partition coefficient (Wildman–Crippen LogP) is 2.18. The number of aromatic nitrogens is 4. The van der Waals surface area contributed by atoms with Crippen molar-refractivity contribution in [3.63, 3.8) is 0 Å². The molecule has 3 aromatic rings. The Bertz CT molecular complexity index is 644. The molecule has 0 bridgehead atoms. The normalized spacial score (nSPS) is 11.1. The highest BCUT2D eigenvalue weighted by molar-refractivity contribution is 7.80. The number of aromatic amines is 1. The van der Waals surface area contributed by atoms with Crippen LogP contribution in [0.15, 0.2) is 35.7 Å². The number of nitrogens with zero attached hydrogens (tertiary/aromatic N) is 3. The van der Waals surface area contributed by atoms with Gasteiger partial charge in [0.25, 0.3) is 0 Å². The zero-order valence-corrected chi connectivity index (χ0v) is 8.95. The highest BCUT2D eigenvalue weighted by Gasteiger charge is 2.09. The van der Waals surface area contributed by atoms with Gasteiger partial charge in [0.2, 0.25) is 0 Å². The van der Waals surface area contributed by atoms with Crippen LogP contribution >= 0.6 is 12.6 Å². The second kappa shape index (κ2) is 3.34. The maximum Gasteiger partial charge on any atom is 0.163 e. The first-order valence-corrected chi connectivity index (χ1v) is 5.07. The summed E-state index contributed by atoms with van der Waals surface area (Å²) in [7, 11) is 0. The summed E-state index contributed by atoms with van der Waals surface area (Å²) in [6.45, 7) is 0. The minimum atomic E-state index is -0.354. The van der Waals surface area contributed by atoms with Crippen molar-refractivity contribution in [1.82, 2.24) is 19.7 Å². The minimum Gasteiger partial charge on any atom is -0.333 e. The van der Waals surface area contributed by atoms with E-state index in [1.54, 1.807) is 24.5 Å².